The van der Waals surface area contributed by atoms with Gasteiger partial charge in [-0.3, -0.25) is 0 Å². The molecule has 0 radical (unpaired) electrons. The molecule has 4 rings (SSSR count). The van der Waals surface area contributed by atoms with Crippen molar-refractivity contribution >= 4 is 17.9 Å². The van der Waals surface area contributed by atoms with Gasteiger partial charge >= 0.3 is 7.12 Å². The van der Waals surface area contributed by atoms with Crippen molar-refractivity contribution in [2.45, 2.75) is 45.3 Å². The van der Waals surface area contributed by atoms with E-state index in [9.17, 15) is 0 Å². The molecule has 30 heavy (non-hydrogen) atoms. The minimum absolute atomic E-state index is 0.286. The molecule has 0 spiro atoms. The van der Waals surface area contributed by atoms with E-state index in [4.69, 9.17) is 9.31 Å². The average molecular weight is 403 g/mol. The van der Waals surface area contributed by atoms with Gasteiger partial charge < -0.3 is 14.2 Å². The first-order valence-corrected chi connectivity index (χ1v) is 10.8. The van der Waals surface area contributed by atoms with Crippen LogP contribution in [0.15, 0.2) is 84.4 Å². The van der Waals surface area contributed by atoms with Crippen LogP contribution in [-0.2, 0) is 9.31 Å². The molecule has 0 aromatic heterocycles. The molecule has 0 bridgehead atoms. The summed E-state index contributed by atoms with van der Waals surface area (Å²) in [6, 6.07) is 16.7. The van der Waals surface area contributed by atoms with Gasteiger partial charge in [-0.05, 0) is 57.4 Å². The van der Waals surface area contributed by atoms with Gasteiger partial charge in [-0.15, -0.1) is 0 Å². The molecule has 1 fully saturated rings. The first-order valence-electron chi connectivity index (χ1n) is 10.8. The van der Waals surface area contributed by atoms with Gasteiger partial charge in [0, 0.05) is 13.1 Å². The highest BCUT2D eigenvalue weighted by atomic mass is 16.7. The lowest BCUT2D eigenvalue weighted by atomic mass is 9.77. The van der Waals surface area contributed by atoms with Gasteiger partial charge in [-0.1, -0.05) is 78.9 Å². The zero-order valence-corrected chi connectivity index (χ0v) is 19.0. The third-order valence-corrected chi connectivity index (χ3v) is 6.01. The second-order valence-electron chi connectivity index (χ2n) is 8.98. The molecule has 2 aliphatic heterocycles. The Labute approximate surface area is 182 Å². The molecule has 0 amide bonds. The molecule has 2 heterocycles. The second kappa shape index (κ2) is 9.78. The first kappa shape index (κ1) is 22.5. The summed E-state index contributed by atoms with van der Waals surface area (Å²) >= 11 is 0. The molecule has 0 saturated carbocycles. The Kier molecular flexibility index (Phi) is 7.35. The van der Waals surface area contributed by atoms with Crippen molar-refractivity contribution in [2.75, 3.05) is 20.1 Å². The van der Waals surface area contributed by atoms with Crippen LogP contribution in [0.1, 0.15) is 34.1 Å². The van der Waals surface area contributed by atoms with Crippen molar-refractivity contribution in [1.29, 1.82) is 0 Å². The van der Waals surface area contributed by atoms with E-state index in [1.807, 2.05) is 0 Å². The first-order chi connectivity index (χ1) is 14.3. The Balaban J connectivity index is 0.000000212. The van der Waals surface area contributed by atoms with Crippen molar-refractivity contribution < 1.29 is 9.31 Å². The molecule has 1 saturated heterocycles. The largest absolute Gasteiger partial charge is 0.494 e. The maximum atomic E-state index is 6.11. The number of rotatable bonds is 1. The molecule has 2 aromatic carbocycles. The summed E-state index contributed by atoms with van der Waals surface area (Å²) in [7, 11) is 1.85. The van der Waals surface area contributed by atoms with Crippen LogP contribution in [0.4, 0.5) is 0 Å². The molecule has 0 N–H and O–H groups in total. The van der Waals surface area contributed by atoms with E-state index in [1.165, 1.54) is 10.8 Å². The summed E-state index contributed by atoms with van der Waals surface area (Å²) in [5, 5.41) is 2.62. The molecule has 0 aliphatic carbocycles. The van der Waals surface area contributed by atoms with Gasteiger partial charge in [0.15, 0.2) is 0 Å². The van der Waals surface area contributed by atoms with Gasteiger partial charge in [0.1, 0.15) is 0 Å². The highest BCUT2D eigenvalue weighted by Crippen LogP contribution is 2.38. The summed E-state index contributed by atoms with van der Waals surface area (Å²) in [6.45, 7) is 10.4. The smallest absolute Gasteiger partial charge is 0.399 e. The summed E-state index contributed by atoms with van der Waals surface area (Å²) < 4.78 is 12.2. The quantitative estimate of drug-likeness (QED) is 0.559. The average Bonchev–Trinajstić information content (AvgIpc) is 2.94. The molecule has 0 atom stereocenters. The molecule has 4 heteroatoms. The zero-order chi connectivity index (χ0) is 21.6. The number of hydrogen-bond acceptors (Lipinski definition) is 3. The third kappa shape index (κ3) is 5.72. The highest BCUT2D eigenvalue weighted by molar-refractivity contribution is 6.55. The number of nitrogens with zero attached hydrogens (tertiary/aromatic N) is 1. The standard InChI is InChI=1S/C16H26BNO2.C10H8/c1-15(2)16(3,4)20-17(19-15)14-10-7-6-8-12-18(5)13-9-11-14;1-2-6-10-8-4-3-7-9(10)5-1/h6-7,9-11H,8,12-13H2,1-5H3;1-8H/b7-6+,11-9+,14-10+;. The van der Waals surface area contributed by atoms with Crippen molar-refractivity contribution in [3.8, 4) is 0 Å². The van der Waals surface area contributed by atoms with Crippen LogP contribution in [-0.4, -0.2) is 43.4 Å². The Morgan fingerprint density at radius 2 is 1.37 bits per heavy atom. The van der Waals surface area contributed by atoms with Gasteiger partial charge in [-0.25, -0.2) is 0 Å². The topological polar surface area (TPSA) is 21.7 Å². The second-order valence-corrected chi connectivity index (χ2v) is 8.98. The normalized spacial score (nSPS) is 25.0. The van der Waals surface area contributed by atoms with E-state index in [-0.39, 0.29) is 18.3 Å². The van der Waals surface area contributed by atoms with Crippen molar-refractivity contribution in [3.63, 3.8) is 0 Å². The Hall–Kier alpha value is -2.14. The van der Waals surface area contributed by atoms with E-state index in [0.29, 0.717) is 0 Å². The Bertz CT molecular complexity index is 848. The summed E-state index contributed by atoms with van der Waals surface area (Å²) in [5.41, 5.74) is 0.500. The van der Waals surface area contributed by atoms with Crippen LogP contribution in [0.2, 0.25) is 0 Å². The molecule has 2 aromatic rings. The number of likely N-dealkylation sites (N-methyl/N-ethyl adjacent to an activating group) is 1. The van der Waals surface area contributed by atoms with Crippen LogP contribution >= 0.6 is 0 Å². The maximum Gasteiger partial charge on any atom is 0.494 e. The molecular weight excluding hydrogens is 369 g/mol. The van der Waals surface area contributed by atoms with E-state index >= 15 is 0 Å². The Morgan fingerprint density at radius 1 is 0.833 bits per heavy atom. The van der Waals surface area contributed by atoms with E-state index in [0.717, 1.165) is 25.0 Å². The highest BCUT2D eigenvalue weighted by Gasteiger charge is 2.51. The summed E-state index contributed by atoms with van der Waals surface area (Å²) in [6.07, 6.45) is 11.8. The molecule has 0 unspecified atom stereocenters. The lowest BCUT2D eigenvalue weighted by Gasteiger charge is -2.32. The van der Waals surface area contributed by atoms with Crippen LogP contribution in [0.25, 0.3) is 10.8 Å². The fourth-order valence-corrected chi connectivity index (χ4v) is 3.36. The monoisotopic (exact) mass is 403 g/mol. The zero-order valence-electron chi connectivity index (χ0n) is 19.0. The van der Waals surface area contributed by atoms with Crippen LogP contribution in [0.5, 0.6) is 0 Å². The minimum Gasteiger partial charge on any atom is -0.399 e. The van der Waals surface area contributed by atoms with Crippen LogP contribution in [0.3, 0.4) is 0 Å². The number of hydrogen-bond donors (Lipinski definition) is 0. The maximum absolute atomic E-state index is 6.11. The van der Waals surface area contributed by atoms with E-state index in [1.54, 1.807) is 0 Å². The van der Waals surface area contributed by atoms with Crippen molar-refractivity contribution in [3.05, 3.63) is 84.4 Å². The molecular formula is C26H34BNO2. The van der Waals surface area contributed by atoms with Crippen molar-refractivity contribution in [1.82, 2.24) is 4.90 Å². The number of allylic oxidation sites excluding steroid dienone is 4. The third-order valence-electron chi connectivity index (χ3n) is 6.01. The molecule has 158 valence electrons. The Morgan fingerprint density at radius 3 is 1.90 bits per heavy atom. The SMILES string of the molecule is CN1C/C=C/C(B2OC(C)(C)C(C)(C)O2)=C\C=C\CC1.c1ccc2ccccc2c1. The molecule has 3 nitrogen and oxygen atoms in total. The van der Waals surface area contributed by atoms with Gasteiger partial charge in [0.2, 0.25) is 0 Å². The van der Waals surface area contributed by atoms with E-state index in [2.05, 4.69) is 119 Å². The summed E-state index contributed by atoms with van der Waals surface area (Å²) in [5.74, 6) is 0. The van der Waals surface area contributed by atoms with Crippen LogP contribution in [0, 0.1) is 0 Å². The lowest BCUT2D eigenvalue weighted by molar-refractivity contribution is 0.00578. The summed E-state index contributed by atoms with van der Waals surface area (Å²) in [4.78, 5) is 2.30. The van der Waals surface area contributed by atoms with Gasteiger partial charge in [-0.2, -0.15) is 0 Å². The predicted octanol–water partition coefficient (Wildman–Crippen LogP) is 5.83. The van der Waals surface area contributed by atoms with E-state index < -0.39 is 0 Å². The number of fused-ring (bicyclic) bond motifs is 1. The number of benzene rings is 2. The van der Waals surface area contributed by atoms with Gasteiger partial charge in [0.25, 0.3) is 0 Å². The van der Waals surface area contributed by atoms with Crippen LogP contribution < -0.4 is 0 Å². The fraction of sp³-hybridized carbons (Fsp3) is 0.385. The minimum atomic E-state index is -0.290. The molecule has 2 aliphatic rings. The fourth-order valence-electron chi connectivity index (χ4n) is 3.36. The van der Waals surface area contributed by atoms with Gasteiger partial charge in [0.05, 0.1) is 11.2 Å². The predicted molar refractivity (Wildman–Crippen MR) is 129 cm³/mol. The van der Waals surface area contributed by atoms with Crippen molar-refractivity contribution in [2.24, 2.45) is 0 Å². The lowest BCUT2D eigenvalue weighted by Crippen LogP contribution is -2.41.